The molecule has 0 aromatic heterocycles. The van der Waals surface area contributed by atoms with E-state index in [1.807, 2.05) is 26.0 Å². The highest BCUT2D eigenvalue weighted by atomic mass is 79.9. The lowest BCUT2D eigenvalue weighted by atomic mass is 10.2. The largest absolute Gasteiger partial charge is 0.356 e. The summed E-state index contributed by atoms with van der Waals surface area (Å²) in [5.41, 5.74) is 1.68. The molecule has 0 saturated heterocycles. The Kier molecular flexibility index (Phi) is 5.85. The first-order chi connectivity index (χ1) is 8.52. The van der Waals surface area contributed by atoms with Gasteiger partial charge in [0.15, 0.2) is 0 Å². The molecule has 0 radical (unpaired) electrons. The van der Waals surface area contributed by atoms with Crippen LogP contribution in [0.25, 0.3) is 0 Å². The molecule has 1 rings (SSSR count). The van der Waals surface area contributed by atoms with Gasteiger partial charge in [-0.05, 0) is 37.1 Å². The van der Waals surface area contributed by atoms with Gasteiger partial charge >= 0.3 is 0 Å². The Labute approximate surface area is 115 Å². The summed E-state index contributed by atoms with van der Waals surface area (Å²) in [5.74, 6) is -0.543. The van der Waals surface area contributed by atoms with E-state index in [-0.39, 0.29) is 18.2 Å². The molecular formula is C13H17BrN2O2. The molecule has 4 nitrogen and oxygen atoms in total. The Morgan fingerprint density at radius 2 is 2.00 bits per heavy atom. The Bertz CT molecular complexity index is 447. The van der Waals surface area contributed by atoms with Crippen molar-refractivity contribution < 1.29 is 9.59 Å². The van der Waals surface area contributed by atoms with Crippen molar-refractivity contribution in [3.05, 3.63) is 28.2 Å². The van der Waals surface area contributed by atoms with Gasteiger partial charge in [0.2, 0.25) is 11.8 Å². The third-order valence-corrected chi connectivity index (χ3v) is 2.85. The van der Waals surface area contributed by atoms with Gasteiger partial charge in [0.1, 0.15) is 6.42 Å². The first-order valence-electron chi connectivity index (χ1n) is 5.85. The fraction of sp³-hybridized carbons (Fsp3) is 0.385. The normalized spacial score (nSPS) is 9.94. The number of aryl methyl sites for hydroxylation is 1. The van der Waals surface area contributed by atoms with E-state index in [9.17, 15) is 9.59 Å². The van der Waals surface area contributed by atoms with E-state index in [0.717, 1.165) is 22.1 Å². The van der Waals surface area contributed by atoms with Crippen LogP contribution in [0.5, 0.6) is 0 Å². The molecule has 18 heavy (non-hydrogen) atoms. The molecule has 0 fully saturated rings. The third kappa shape index (κ3) is 4.87. The molecule has 0 heterocycles. The Hall–Kier alpha value is -1.36. The second-order valence-electron chi connectivity index (χ2n) is 4.03. The zero-order valence-corrected chi connectivity index (χ0v) is 12.1. The van der Waals surface area contributed by atoms with Crippen molar-refractivity contribution in [2.45, 2.75) is 26.7 Å². The van der Waals surface area contributed by atoms with Crippen molar-refractivity contribution in [3.63, 3.8) is 0 Å². The second-order valence-corrected chi connectivity index (χ2v) is 4.95. The smallest absolute Gasteiger partial charge is 0.233 e. The number of carbonyl (C=O) groups is 2. The molecule has 0 aliphatic rings. The maximum absolute atomic E-state index is 11.6. The van der Waals surface area contributed by atoms with Gasteiger partial charge < -0.3 is 10.6 Å². The van der Waals surface area contributed by atoms with E-state index < -0.39 is 0 Å². The summed E-state index contributed by atoms with van der Waals surface area (Å²) in [4.78, 5) is 23.0. The average molecular weight is 313 g/mol. The monoisotopic (exact) mass is 312 g/mol. The van der Waals surface area contributed by atoms with Crippen LogP contribution in [-0.4, -0.2) is 18.4 Å². The lowest BCUT2D eigenvalue weighted by Gasteiger charge is -2.08. The van der Waals surface area contributed by atoms with Crippen molar-refractivity contribution in [1.29, 1.82) is 0 Å². The molecule has 98 valence electrons. The number of amides is 2. The number of hydrogen-bond acceptors (Lipinski definition) is 2. The van der Waals surface area contributed by atoms with Gasteiger partial charge in [-0.2, -0.15) is 0 Å². The fourth-order valence-corrected chi connectivity index (χ4v) is 1.91. The summed E-state index contributed by atoms with van der Waals surface area (Å²) in [6.45, 7) is 4.46. The van der Waals surface area contributed by atoms with Gasteiger partial charge in [0, 0.05) is 16.7 Å². The first-order valence-corrected chi connectivity index (χ1v) is 6.65. The Morgan fingerprint density at radius 1 is 1.28 bits per heavy atom. The molecule has 5 heteroatoms. The number of benzene rings is 1. The van der Waals surface area contributed by atoms with Crippen molar-refractivity contribution in [2.24, 2.45) is 0 Å². The van der Waals surface area contributed by atoms with Gasteiger partial charge in [-0.3, -0.25) is 9.59 Å². The van der Waals surface area contributed by atoms with Crippen molar-refractivity contribution >= 4 is 33.4 Å². The SMILES string of the molecule is CCCNC(=O)CC(=O)Nc1ccc(Br)cc1C. The van der Waals surface area contributed by atoms with E-state index in [2.05, 4.69) is 26.6 Å². The first kappa shape index (κ1) is 14.7. The van der Waals surface area contributed by atoms with E-state index in [4.69, 9.17) is 0 Å². The van der Waals surface area contributed by atoms with E-state index in [1.54, 1.807) is 6.07 Å². The minimum Gasteiger partial charge on any atom is -0.356 e. The van der Waals surface area contributed by atoms with Crippen molar-refractivity contribution in [2.75, 3.05) is 11.9 Å². The summed E-state index contributed by atoms with van der Waals surface area (Å²) >= 11 is 3.35. The predicted molar refractivity (Wildman–Crippen MR) is 75.4 cm³/mol. The van der Waals surface area contributed by atoms with E-state index in [1.165, 1.54) is 0 Å². The van der Waals surface area contributed by atoms with Gasteiger partial charge in [0.05, 0.1) is 0 Å². The van der Waals surface area contributed by atoms with Crippen LogP contribution in [0.15, 0.2) is 22.7 Å². The third-order valence-electron chi connectivity index (χ3n) is 2.36. The minimum atomic E-state index is -0.297. The molecular weight excluding hydrogens is 296 g/mol. The molecule has 2 amide bonds. The summed E-state index contributed by atoms with van der Waals surface area (Å²) < 4.78 is 0.957. The van der Waals surface area contributed by atoms with Gasteiger partial charge in [0.25, 0.3) is 0 Å². The summed E-state index contributed by atoms with van der Waals surface area (Å²) in [6.07, 6.45) is 0.717. The van der Waals surface area contributed by atoms with Crippen LogP contribution >= 0.6 is 15.9 Å². The highest BCUT2D eigenvalue weighted by Crippen LogP contribution is 2.20. The van der Waals surface area contributed by atoms with Gasteiger partial charge in [-0.1, -0.05) is 22.9 Å². The topological polar surface area (TPSA) is 58.2 Å². The second kappa shape index (κ2) is 7.16. The number of anilines is 1. The molecule has 0 atom stereocenters. The molecule has 2 N–H and O–H groups in total. The summed E-state index contributed by atoms with van der Waals surface area (Å²) in [5, 5.41) is 5.39. The van der Waals surface area contributed by atoms with Crippen LogP contribution in [-0.2, 0) is 9.59 Å². The zero-order chi connectivity index (χ0) is 13.5. The fourth-order valence-electron chi connectivity index (χ4n) is 1.43. The highest BCUT2D eigenvalue weighted by molar-refractivity contribution is 9.10. The lowest BCUT2D eigenvalue weighted by molar-refractivity contribution is -0.126. The van der Waals surface area contributed by atoms with Crippen molar-refractivity contribution in [3.8, 4) is 0 Å². The summed E-state index contributed by atoms with van der Waals surface area (Å²) in [6, 6.07) is 5.56. The van der Waals surface area contributed by atoms with Crippen molar-refractivity contribution in [1.82, 2.24) is 5.32 Å². The number of nitrogens with one attached hydrogen (secondary N) is 2. The zero-order valence-electron chi connectivity index (χ0n) is 10.5. The van der Waals surface area contributed by atoms with Crippen LogP contribution in [0.1, 0.15) is 25.3 Å². The van der Waals surface area contributed by atoms with Crippen LogP contribution < -0.4 is 10.6 Å². The Balaban J connectivity index is 2.51. The van der Waals surface area contributed by atoms with Gasteiger partial charge in [-0.25, -0.2) is 0 Å². The van der Waals surface area contributed by atoms with E-state index in [0.29, 0.717) is 6.54 Å². The summed E-state index contributed by atoms with van der Waals surface area (Å²) in [7, 11) is 0. The molecule has 0 aliphatic carbocycles. The number of halogens is 1. The van der Waals surface area contributed by atoms with Crippen LogP contribution in [0, 0.1) is 6.92 Å². The van der Waals surface area contributed by atoms with Crippen LogP contribution in [0.2, 0.25) is 0 Å². The van der Waals surface area contributed by atoms with E-state index >= 15 is 0 Å². The Morgan fingerprint density at radius 3 is 2.61 bits per heavy atom. The maximum atomic E-state index is 11.6. The molecule has 1 aromatic carbocycles. The molecule has 0 aliphatic heterocycles. The quantitative estimate of drug-likeness (QED) is 0.821. The molecule has 1 aromatic rings. The highest BCUT2D eigenvalue weighted by Gasteiger charge is 2.10. The van der Waals surface area contributed by atoms with Crippen LogP contribution in [0.3, 0.4) is 0 Å². The molecule has 0 spiro atoms. The lowest BCUT2D eigenvalue weighted by Crippen LogP contribution is -2.28. The molecule has 0 bridgehead atoms. The number of carbonyl (C=O) groups excluding carboxylic acids is 2. The number of hydrogen-bond donors (Lipinski definition) is 2. The van der Waals surface area contributed by atoms with Crippen LogP contribution in [0.4, 0.5) is 5.69 Å². The molecule has 0 unspecified atom stereocenters. The predicted octanol–water partition coefficient (Wildman–Crippen LogP) is 2.61. The molecule has 0 saturated carbocycles. The average Bonchev–Trinajstić information content (AvgIpc) is 2.30. The van der Waals surface area contributed by atoms with Gasteiger partial charge in [-0.15, -0.1) is 0 Å². The standard InChI is InChI=1S/C13H17BrN2O2/c1-3-6-15-12(17)8-13(18)16-11-5-4-10(14)7-9(11)2/h4-5,7H,3,6,8H2,1-2H3,(H,15,17)(H,16,18). The number of rotatable bonds is 5. The maximum Gasteiger partial charge on any atom is 0.233 e. The minimum absolute atomic E-state index is 0.143.